The molecule has 2 heterocycles. The van der Waals surface area contributed by atoms with E-state index in [1.165, 1.54) is 28.6 Å². The molecule has 0 bridgehead atoms. The predicted octanol–water partition coefficient (Wildman–Crippen LogP) is 4.00. The fourth-order valence-corrected chi connectivity index (χ4v) is 5.60. The van der Waals surface area contributed by atoms with Crippen LogP contribution >= 0.6 is 23.1 Å². The summed E-state index contributed by atoms with van der Waals surface area (Å²) in [4.78, 5) is 34.7. The van der Waals surface area contributed by atoms with Gasteiger partial charge in [0.1, 0.15) is 16.3 Å². The van der Waals surface area contributed by atoms with Crippen molar-refractivity contribution in [3.63, 3.8) is 0 Å². The molecule has 1 amide bonds. The smallest absolute Gasteiger partial charge is 0.260 e. The largest absolute Gasteiger partial charge is 0.497 e. The molecule has 0 unspecified atom stereocenters. The van der Waals surface area contributed by atoms with Crippen LogP contribution in [0.2, 0.25) is 0 Å². The van der Waals surface area contributed by atoms with Crippen LogP contribution in [0.1, 0.15) is 29.7 Å². The van der Waals surface area contributed by atoms with E-state index in [0.29, 0.717) is 22.3 Å². The number of hydrogen-bond donors (Lipinski definition) is 2. The van der Waals surface area contributed by atoms with E-state index in [9.17, 15) is 9.59 Å². The van der Waals surface area contributed by atoms with Crippen molar-refractivity contribution in [2.24, 2.45) is 0 Å². The number of H-pyrrole nitrogens is 1. The van der Waals surface area contributed by atoms with E-state index in [1.54, 1.807) is 43.8 Å². The van der Waals surface area contributed by atoms with Crippen molar-refractivity contribution in [1.82, 2.24) is 9.97 Å². The average molecular weight is 446 g/mol. The predicted molar refractivity (Wildman–Crippen MR) is 120 cm³/mol. The first-order valence-electron chi connectivity index (χ1n) is 9.78. The van der Waals surface area contributed by atoms with E-state index >= 15 is 0 Å². The molecule has 0 atom stereocenters. The van der Waals surface area contributed by atoms with E-state index in [1.807, 2.05) is 0 Å². The second kappa shape index (κ2) is 9.09. The van der Waals surface area contributed by atoms with Gasteiger partial charge in [0.2, 0.25) is 5.91 Å². The number of aromatic nitrogens is 2. The Labute approximate surface area is 182 Å². The summed E-state index contributed by atoms with van der Waals surface area (Å²) in [7, 11) is 3.10. The van der Waals surface area contributed by atoms with Crippen molar-refractivity contribution in [2.75, 3.05) is 25.3 Å². The quantitative estimate of drug-likeness (QED) is 0.338. The molecule has 0 aliphatic heterocycles. The maximum atomic E-state index is 12.7. The molecule has 0 saturated heterocycles. The number of aryl methyl sites for hydroxylation is 2. The van der Waals surface area contributed by atoms with Gasteiger partial charge in [0, 0.05) is 10.9 Å². The third-order valence-electron chi connectivity index (χ3n) is 5.07. The monoisotopic (exact) mass is 445 g/mol. The third-order valence-corrected chi connectivity index (χ3v) is 7.13. The molecular formula is C21H23N3O4S2. The van der Waals surface area contributed by atoms with Crippen LogP contribution in [0.4, 0.5) is 5.69 Å². The highest BCUT2D eigenvalue weighted by Crippen LogP contribution is 2.33. The summed E-state index contributed by atoms with van der Waals surface area (Å²) < 4.78 is 10.5. The second-order valence-electron chi connectivity index (χ2n) is 7.02. The summed E-state index contributed by atoms with van der Waals surface area (Å²) in [5.74, 6) is 1.05. The van der Waals surface area contributed by atoms with Gasteiger partial charge in [0.05, 0.1) is 31.0 Å². The van der Waals surface area contributed by atoms with Crippen molar-refractivity contribution >= 4 is 44.9 Å². The Morgan fingerprint density at radius 1 is 1.23 bits per heavy atom. The molecule has 1 aromatic carbocycles. The van der Waals surface area contributed by atoms with Crippen molar-refractivity contribution < 1.29 is 14.3 Å². The topological polar surface area (TPSA) is 93.3 Å². The summed E-state index contributed by atoms with van der Waals surface area (Å²) in [6.07, 6.45) is 5.44. The van der Waals surface area contributed by atoms with Gasteiger partial charge in [0.15, 0.2) is 5.16 Å². The zero-order valence-electron chi connectivity index (χ0n) is 16.9. The van der Waals surface area contributed by atoms with Gasteiger partial charge in [-0.1, -0.05) is 18.2 Å². The molecule has 4 rings (SSSR count). The molecule has 0 spiro atoms. The van der Waals surface area contributed by atoms with Gasteiger partial charge < -0.3 is 19.8 Å². The molecule has 1 aliphatic rings. The van der Waals surface area contributed by atoms with Crippen LogP contribution in [0, 0.1) is 0 Å². The minimum Gasteiger partial charge on any atom is -0.497 e. The Morgan fingerprint density at radius 2 is 2.07 bits per heavy atom. The zero-order valence-corrected chi connectivity index (χ0v) is 18.5. The normalized spacial score (nSPS) is 13.5. The number of amides is 1. The number of thiophene rings is 1. The lowest BCUT2D eigenvalue weighted by molar-refractivity contribution is -0.113. The van der Waals surface area contributed by atoms with E-state index in [4.69, 9.17) is 9.47 Å². The molecule has 30 heavy (non-hydrogen) atoms. The number of benzene rings is 1. The lowest BCUT2D eigenvalue weighted by atomic mass is 10.1. The number of fused-ring (bicyclic) bond motifs is 3. The van der Waals surface area contributed by atoms with Gasteiger partial charge in [-0.2, -0.15) is 0 Å². The molecule has 7 nitrogen and oxygen atoms in total. The van der Waals surface area contributed by atoms with E-state index in [2.05, 4.69) is 15.3 Å². The number of carbonyl (C=O) groups excluding carboxylic acids is 1. The van der Waals surface area contributed by atoms with Crippen molar-refractivity contribution in [3.05, 3.63) is 39.0 Å². The number of nitrogens with one attached hydrogen (secondary N) is 2. The number of nitrogens with zero attached hydrogens (tertiary/aromatic N) is 1. The summed E-state index contributed by atoms with van der Waals surface area (Å²) >= 11 is 2.82. The Hall–Kier alpha value is -2.52. The van der Waals surface area contributed by atoms with Gasteiger partial charge in [-0.25, -0.2) is 4.98 Å². The average Bonchev–Trinajstić information content (AvgIpc) is 2.94. The number of rotatable bonds is 6. The standard InChI is InChI=1S/C21H23N3O4S2/c1-27-12-8-9-15(28-2)14(10-12)22-17(25)11-29-21-23-19(26)18-13-6-4-3-5-7-16(13)30-20(18)24-21/h8-10H,3-7,11H2,1-2H3,(H,22,25)(H,23,24,26). The number of thioether (sulfide) groups is 1. The van der Waals surface area contributed by atoms with E-state index in [-0.39, 0.29) is 17.2 Å². The maximum absolute atomic E-state index is 12.7. The highest BCUT2D eigenvalue weighted by atomic mass is 32.2. The van der Waals surface area contributed by atoms with Gasteiger partial charge in [-0.05, 0) is 43.4 Å². The van der Waals surface area contributed by atoms with Crippen molar-refractivity contribution in [1.29, 1.82) is 0 Å². The van der Waals surface area contributed by atoms with Gasteiger partial charge in [0.25, 0.3) is 5.56 Å². The van der Waals surface area contributed by atoms with Crippen LogP contribution in [0.5, 0.6) is 11.5 Å². The third kappa shape index (κ3) is 4.32. The highest BCUT2D eigenvalue weighted by molar-refractivity contribution is 7.99. The van der Waals surface area contributed by atoms with Crippen LogP contribution in [-0.4, -0.2) is 35.8 Å². The minimum absolute atomic E-state index is 0.111. The van der Waals surface area contributed by atoms with Gasteiger partial charge in [-0.15, -0.1) is 11.3 Å². The highest BCUT2D eigenvalue weighted by Gasteiger charge is 2.19. The van der Waals surface area contributed by atoms with Crippen LogP contribution < -0.4 is 20.3 Å². The van der Waals surface area contributed by atoms with Crippen molar-refractivity contribution in [3.8, 4) is 11.5 Å². The molecule has 2 aromatic heterocycles. The number of anilines is 1. The first kappa shape index (κ1) is 20.7. The number of ether oxygens (including phenoxy) is 2. The fourth-order valence-electron chi connectivity index (χ4n) is 3.62. The Kier molecular flexibility index (Phi) is 6.29. The number of aromatic amines is 1. The molecule has 0 saturated carbocycles. The zero-order chi connectivity index (χ0) is 21.1. The fraction of sp³-hybridized carbons (Fsp3) is 0.381. The maximum Gasteiger partial charge on any atom is 0.260 e. The lowest BCUT2D eigenvalue weighted by Crippen LogP contribution is -2.16. The van der Waals surface area contributed by atoms with E-state index < -0.39 is 0 Å². The lowest BCUT2D eigenvalue weighted by Gasteiger charge is -2.11. The van der Waals surface area contributed by atoms with Crippen LogP contribution in [0.15, 0.2) is 28.2 Å². The molecule has 2 N–H and O–H groups in total. The molecule has 9 heteroatoms. The number of carbonyl (C=O) groups is 1. The number of hydrogen-bond acceptors (Lipinski definition) is 7. The molecule has 0 radical (unpaired) electrons. The Morgan fingerprint density at radius 3 is 2.87 bits per heavy atom. The molecule has 0 fully saturated rings. The second-order valence-corrected chi connectivity index (χ2v) is 9.07. The molecular weight excluding hydrogens is 422 g/mol. The summed E-state index contributed by atoms with van der Waals surface area (Å²) in [5, 5.41) is 4.01. The van der Waals surface area contributed by atoms with Gasteiger partial charge in [-0.3, -0.25) is 9.59 Å². The first-order chi connectivity index (χ1) is 14.6. The summed E-state index contributed by atoms with van der Waals surface area (Å²) in [6, 6.07) is 5.19. The Balaban J connectivity index is 1.49. The van der Waals surface area contributed by atoms with Crippen LogP contribution in [0.25, 0.3) is 10.2 Å². The van der Waals surface area contributed by atoms with Crippen LogP contribution in [-0.2, 0) is 17.6 Å². The van der Waals surface area contributed by atoms with E-state index in [0.717, 1.165) is 35.9 Å². The Bertz CT molecular complexity index is 1140. The van der Waals surface area contributed by atoms with Crippen molar-refractivity contribution in [2.45, 2.75) is 37.3 Å². The summed E-state index contributed by atoms with van der Waals surface area (Å²) in [6.45, 7) is 0. The summed E-state index contributed by atoms with van der Waals surface area (Å²) in [5.41, 5.74) is 1.58. The molecule has 158 valence electrons. The minimum atomic E-state index is -0.226. The number of methoxy groups -OCH3 is 2. The van der Waals surface area contributed by atoms with Crippen LogP contribution in [0.3, 0.4) is 0 Å². The SMILES string of the molecule is COc1ccc(OC)c(NC(=O)CSc2nc3sc4c(c3c(=O)[nH]2)CCCCC4)c1. The molecule has 1 aliphatic carbocycles. The van der Waals surface area contributed by atoms with Gasteiger partial charge >= 0.3 is 0 Å². The molecule has 3 aromatic rings. The first-order valence-corrected chi connectivity index (χ1v) is 11.6.